The van der Waals surface area contributed by atoms with Gasteiger partial charge in [-0.3, -0.25) is 0 Å². The number of nitrogens with one attached hydrogen (secondary N) is 2. The first kappa shape index (κ1) is 12.2. The minimum Gasteiger partial charge on any atom is -0.360 e. The third kappa shape index (κ3) is 4.01. The minimum absolute atomic E-state index is 0.303. The maximum atomic E-state index is 5.80. The molecule has 2 N–H and O–H groups in total. The molecule has 82 valence electrons. The molecule has 0 atom stereocenters. The molecule has 0 saturated heterocycles. The van der Waals surface area contributed by atoms with E-state index >= 15 is 0 Å². The molecule has 0 radical (unpaired) electrons. The lowest BCUT2D eigenvalue weighted by Gasteiger charge is -2.13. The zero-order chi connectivity index (χ0) is 11.4. The smallest absolute Gasteiger partial charge is 0.172 e. The van der Waals surface area contributed by atoms with Crippen LogP contribution in [0.15, 0.2) is 12.3 Å². The average Bonchev–Trinajstić information content (AvgIpc) is 2.08. The lowest BCUT2D eigenvalue weighted by molar-refractivity contribution is 0.739. The van der Waals surface area contributed by atoms with E-state index in [9.17, 15) is 0 Å². The molecule has 15 heavy (non-hydrogen) atoms. The Morgan fingerprint density at radius 3 is 2.73 bits per heavy atom. The largest absolute Gasteiger partial charge is 0.360 e. The highest BCUT2D eigenvalue weighted by Crippen LogP contribution is 2.15. The van der Waals surface area contributed by atoms with Gasteiger partial charge in [0.15, 0.2) is 5.11 Å². The van der Waals surface area contributed by atoms with E-state index in [-0.39, 0.29) is 0 Å². The van der Waals surface area contributed by atoms with Crippen molar-refractivity contribution in [2.75, 3.05) is 5.32 Å². The molecule has 1 aromatic heterocycles. The topological polar surface area (TPSA) is 37.0 Å². The van der Waals surface area contributed by atoms with Gasteiger partial charge < -0.3 is 10.6 Å². The van der Waals surface area contributed by atoms with Crippen LogP contribution in [-0.2, 0) is 0 Å². The summed E-state index contributed by atoms with van der Waals surface area (Å²) in [4.78, 5) is 4.15. The summed E-state index contributed by atoms with van der Waals surface area (Å²) in [5.41, 5.74) is 0.968. The summed E-state index contributed by atoms with van der Waals surface area (Å²) in [6.45, 7) is 5.98. The first-order valence-corrected chi connectivity index (χ1v) is 5.47. The number of hydrogen-bond acceptors (Lipinski definition) is 2. The van der Waals surface area contributed by atoms with Crippen molar-refractivity contribution >= 4 is 34.7 Å². The van der Waals surface area contributed by atoms with Crippen LogP contribution in [0.3, 0.4) is 0 Å². The molecule has 1 heterocycles. The Hall–Kier alpha value is -0.870. The Balaban J connectivity index is 2.68. The first-order chi connectivity index (χ1) is 6.99. The van der Waals surface area contributed by atoms with E-state index in [4.69, 9.17) is 23.8 Å². The summed E-state index contributed by atoms with van der Waals surface area (Å²) in [6.07, 6.45) is 1.59. The summed E-state index contributed by atoms with van der Waals surface area (Å²) in [5.74, 6) is 0.734. The van der Waals surface area contributed by atoms with Gasteiger partial charge in [0.05, 0.1) is 5.02 Å². The highest BCUT2D eigenvalue weighted by Gasteiger charge is 2.03. The second-order valence-electron chi connectivity index (χ2n) is 3.57. The molecule has 5 heteroatoms. The second-order valence-corrected chi connectivity index (χ2v) is 4.42. The van der Waals surface area contributed by atoms with Crippen LogP contribution in [0.25, 0.3) is 0 Å². The van der Waals surface area contributed by atoms with Crippen LogP contribution in [0, 0.1) is 6.92 Å². The summed E-state index contributed by atoms with van der Waals surface area (Å²) in [5, 5.41) is 7.30. The van der Waals surface area contributed by atoms with E-state index < -0.39 is 0 Å². The van der Waals surface area contributed by atoms with Crippen LogP contribution < -0.4 is 10.6 Å². The van der Waals surface area contributed by atoms with E-state index in [0.717, 1.165) is 11.4 Å². The number of anilines is 1. The van der Waals surface area contributed by atoms with Crippen LogP contribution in [0.4, 0.5) is 5.82 Å². The summed E-state index contributed by atoms with van der Waals surface area (Å²) in [6, 6.07) is 2.15. The molecule has 3 nitrogen and oxygen atoms in total. The normalized spacial score (nSPS) is 10.2. The molecular weight excluding hydrogens is 230 g/mol. The van der Waals surface area contributed by atoms with Gasteiger partial charge in [-0.2, -0.15) is 0 Å². The number of hydrogen-bond donors (Lipinski definition) is 2. The quantitative estimate of drug-likeness (QED) is 0.784. The molecule has 0 aromatic carbocycles. The molecule has 0 unspecified atom stereocenters. The molecule has 0 amide bonds. The molecule has 0 fully saturated rings. The fourth-order valence-electron chi connectivity index (χ4n) is 1.08. The average molecular weight is 244 g/mol. The van der Waals surface area contributed by atoms with Gasteiger partial charge in [0.1, 0.15) is 5.82 Å². The fraction of sp³-hybridized carbons (Fsp3) is 0.400. The molecule has 0 spiro atoms. The van der Waals surface area contributed by atoms with Crippen molar-refractivity contribution in [3.8, 4) is 0 Å². The van der Waals surface area contributed by atoms with Crippen molar-refractivity contribution in [3.63, 3.8) is 0 Å². The van der Waals surface area contributed by atoms with Crippen molar-refractivity contribution in [3.05, 3.63) is 22.8 Å². The van der Waals surface area contributed by atoms with Gasteiger partial charge in [-0.05, 0) is 44.6 Å². The van der Waals surface area contributed by atoms with Gasteiger partial charge in [0, 0.05) is 12.2 Å². The van der Waals surface area contributed by atoms with E-state index in [1.807, 2.05) is 26.8 Å². The predicted molar refractivity (Wildman–Crippen MR) is 68.5 cm³/mol. The maximum Gasteiger partial charge on any atom is 0.172 e. The van der Waals surface area contributed by atoms with Crippen molar-refractivity contribution in [2.24, 2.45) is 0 Å². The van der Waals surface area contributed by atoms with Crippen LogP contribution in [0.1, 0.15) is 19.4 Å². The minimum atomic E-state index is 0.303. The van der Waals surface area contributed by atoms with Gasteiger partial charge in [0.2, 0.25) is 0 Å². The Labute approximate surface area is 100 Å². The molecule has 0 saturated carbocycles. The zero-order valence-electron chi connectivity index (χ0n) is 8.97. The number of rotatable bonds is 2. The molecule has 1 aromatic rings. The van der Waals surface area contributed by atoms with E-state index in [2.05, 4.69) is 15.6 Å². The fourth-order valence-corrected chi connectivity index (χ4v) is 1.62. The van der Waals surface area contributed by atoms with Crippen molar-refractivity contribution in [2.45, 2.75) is 26.8 Å². The highest BCUT2D eigenvalue weighted by atomic mass is 35.5. The lowest BCUT2D eigenvalue weighted by atomic mass is 10.3. The van der Waals surface area contributed by atoms with Gasteiger partial charge in [0.25, 0.3) is 0 Å². The van der Waals surface area contributed by atoms with Crippen LogP contribution in [-0.4, -0.2) is 16.1 Å². The van der Waals surface area contributed by atoms with E-state index in [1.54, 1.807) is 6.20 Å². The van der Waals surface area contributed by atoms with Crippen molar-refractivity contribution in [1.29, 1.82) is 0 Å². The number of halogens is 1. The van der Waals surface area contributed by atoms with Crippen molar-refractivity contribution < 1.29 is 0 Å². The number of aromatic nitrogens is 1. The number of aryl methyl sites for hydroxylation is 1. The number of nitrogens with zero attached hydrogens (tertiary/aromatic N) is 1. The van der Waals surface area contributed by atoms with Crippen LogP contribution in [0.2, 0.25) is 5.02 Å². The Kier molecular flexibility index (Phi) is 4.29. The monoisotopic (exact) mass is 243 g/mol. The summed E-state index contributed by atoms with van der Waals surface area (Å²) >= 11 is 10.9. The SMILES string of the molecule is Cc1cc(Cl)cnc1NC(=S)NC(C)C. The third-order valence-corrected chi connectivity index (χ3v) is 2.12. The molecular formula is C10H14ClN3S. The van der Waals surface area contributed by atoms with E-state index in [1.165, 1.54) is 0 Å². The van der Waals surface area contributed by atoms with Gasteiger partial charge in [-0.1, -0.05) is 11.6 Å². The van der Waals surface area contributed by atoms with Crippen LogP contribution in [0.5, 0.6) is 0 Å². The number of pyridine rings is 1. The molecule has 0 aliphatic rings. The van der Waals surface area contributed by atoms with Gasteiger partial charge in [-0.15, -0.1) is 0 Å². The molecule has 0 aliphatic carbocycles. The summed E-state index contributed by atoms with van der Waals surface area (Å²) < 4.78 is 0. The van der Waals surface area contributed by atoms with Gasteiger partial charge >= 0.3 is 0 Å². The van der Waals surface area contributed by atoms with Gasteiger partial charge in [-0.25, -0.2) is 4.98 Å². The third-order valence-electron chi connectivity index (χ3n) is 1.70. The Morgan fingerprint density at radius 1 is 1.53 bits per heavy atom. The zero-order valence-corrected chi connectivity index (χ0v) is 10.5. The Morgan fingerprint density at radius 2 is 2.20 bits per heavy atom. The lowest BCUT2D eigenvalue weighted by Crippen LogP contribution is -2.34. The highest BCUT2D eigenvalue weighted by molar-refractivity contribution is 7.80. The predicted octanol–water partition coefficient (Wildman–Crippen LogP) is 2.74. The molecule has 1 rings (SSSR count). The summed E-state index contributed by atoms with van der Waals surface area (Å²) in [7, 11) is 0. The number of thiocarbonyl (C=S) groups is 1. The van der Waals surface area contributed by atoms with E-state index in [0.29, 0.717) is 16.2 Å². The van der Waals surface area contributed by atoms with Crippen molar-refractivity contribution in [1.82, 2.24) is 10.3 Å². The Bertz CT molecular complexity index is 366. The second kappa shape index (κ2) is 5.28. The molecule has 0 bridgehead atoms. The standard InChI is InChI=1S/C10H14ClN3S/c1-6(2)13-10(15)14-9-7(3)4-8(11)5-12-9/h4-6H,1-3H3,(H2,12,13,14,15). The first-order valence-electron chi connectivity index (χ1n) is 4.68. The molecule has 0 aliphatic heterocycles. The maximum absolute atomic E-state index is 5.80. The van der Waals surface area contributed by atoms with Crippen LogP contribution >= 0.6 is 23.8 Å².